The predicted molar refractivity (Wildman–Crippen MR) is 85.7 cm³/mol. The smallest absolute Gasteiger partial charge is 0.354 e. The van der Waals surface area contributed by atoms with Crippen LogP contribution in [-0.4, -0.2) is 53.1 Å². The fourth-order valence-electron chi connectivity index (χ4n) is 3.91. The first-order valence-corrected chi connectivity index (χ1v) is 8.25. The highest BCUT2D eigenvalue weighted by Gasteiger charge is 2.45. The molecule has 3 rings (SSSR count). The first kappa shape index (κ1) is 16.2. The largest absolute Gasteiger partial charge is 0.477 e. The van der Waals surface area contributed by atoms with Crippen molar-refractivity contribution >= 4 is 11.7 Å². The molecule has 0 spiro atoms. The standard InChI is InChI=1S/C17H24N2O4/c1-12-11-19(14-2-6-18-15(10-14)16(20)21)7-5-17(12,22)13-3-8-23-9-4-13/h2,6,10,12-13,22H,3-5,7-9,11H2,1H3,(H,20,21). The molecule has 0 saturated carbocycles. The van der Waals surface area contributed by atoms with Gasteiger partial charge in [0.15, 0.2) is 0 Å². The molecule has 0 aromatic carbocycles. The summed E-state index contributed by atoms with van der Waals surface area (Å²) >= 11 is 0. The minimum absolute atomic E-state index is 0.0559. The highest BCUT2D eigenvalue weighted by Crippen LogP contribution is 2.40. The summed E-state index contributed by atoms with van der Waals surface area (Å²) in [6, 6.07) is 3.44. The molecule has 6 nitrogen and oxygen atoms in total. The second-order valence-corrected chi connectivity index (χ2v) is 6.68. The zero-order chi connectivity index (χ0) is 16.4. The number of pyridine rings is 1. The van der Waals surface area contributed by atoms with Crippen molar-refractivity contribution in [2.45, 2.75) is 31.8 Å². The van der Waals surface area contributed by atoms with Crippen LogP contribution >= 0.6 is 0 Å². The summed E-state index contributed by atoms with van der Waals surface area (Å²) in [6.45, 7) is 4.99. The van der Waals surface area contributed by atoms with Gasteiger partial charge in [-0.15, -0.1) is 0 Å². The van der Waals surface area contributed by atoms with Gasteiger partial charge in [0.05, 0.1) is 5.60 Å². The number of aromatic nitrogens is 1. The van der Waals surface area contributed by atoms with Crippen LogP contribution in [0.4, 0.5) is 5.69 Å². The average Bonchev–Trinajstić information content (AvgIpc) is 2.58. The van der Waals surface area contributed by atoms with Gasteiger partial charge in [0, 0.05) is 44.1 Å². The number of piperidine rings is 1. The second kappa shape index (κ2) is 6.45. The number of hydrogen-bond acceptors (Lipinski definition) is 5. The predicted octanol–water partition coefficient (Wildman–Crippen LogP) is 1.78. The highest BCUT2D eigenvalue weighted by atomic mass is 16.5. The summed E-state index contributed by atoms with van der Waals surface area (Å²) in [7, 11) is 0. The van der Waals surface area contributed by atoms with Gasteiger partial charge in [-0.2, -0.15) is 0 Å². The van der Waals surface area contributed by atoms with E-state index in [4.69, 9.17) is 9.84 Å². The SMILES string of the molecule is CC1CN(c2ccnc(C(=O)O)c2)CCC1(O)C1CCOCC1. The molecule has 0 bridgehead atoms. The van der Waals surface area contributed by atoms with Gasteiger partial charge in [-0.3, -0.25) is 0 Å². The van der Waals surface area contributed by atoms with Crippen LogP contribution in [0.15, 0.2) is 18.3 Å². The lowest BCUT2D eigenvalue weighted by Gasteiger charge is -2.49. The molecule has 1 aromatic heterocycles. The maximum atomic E-state index is 11.2. The van der Waals surface area contributed by atoms with E-state index < -0.39 is 11.6 Å². The Kier molecular flexibility index (Phi) is 4.55. The summed E-state index contributed by atoms with van der Waals surface area (Å²) in [5.74, 6) is -0.600. The maximum Gasteiger partial charge on any atom is 0.354 e. The van der Waals surface area contributed by atoms with E-state index in [1.54, 1.807) is 6.07 Å². The molecular formula is C17H24N2O4. The van der Waals surface area contributed by atoms with E-state index >= 15 is 0 Å². The van der Waals surface area contributed by atoms with Crippen molar-refractivity contribution in [3.8, 4) is 0 Å². The minimum atomic E-state index is -1.02. The Labute approximate surface area is 136 Å². The van der Waals surface area contributed by atoms with E-state index in [0.717, 1.165) is 44.8 Å². The number of carboxylic acid groups (broad SMARTS) is 1. The van der Waals surface area contributed by atoms with Crippen LogP contribution in [0.3, 0.4) is 0 Å². The normalized spacial score (nSPS) is 29.5. The number of nitrogens with zero attached hydrogens (tertiary/aromatic N) is 2. The Morgan fingerprint density at radius 3 is 2.83 bits per heavy atom. The third kappa shape index (κ3) is 3.19. The zero-order valence-corrected chi connectivity index (χ0v) is 13.4. The molecule has 2 saturated heterocycles. The molecule has 2 aliphatic rings. The van der Waals surface area contributed by atoms with Crippen molar-refractivity contribution in [2.75, 3.05) is 31.2 Å². The Morgan fingerprint density at radius 1 is 1.43 bits per heavy atom. The van der Waals surface area contributed by atoms with Crippen molar-refractivity contribution in [1.29, 1.82) is 0 Å². The molecule has 0 radical (unpaired) electrons. The molecule has 6 heteroatoms. The number of carbonyl (C=O) groups is 1. The van der Waals surface area contributed by atoms with Crippen molar-refractivity contribution in [1.82, 2.24) is 4.98 Å². The number of ether oxygens (including phenoxy) is 1. The van der Waals surface area contributed by atoms with E-state index in [0.29, 0.717) is 12.3 Å². The molecule has 1 aromatic rings. The topological polar surface area (TPSA) is 82.9 Å². The zero-order valence-electron chi connectivity index (χ0n) is 13.4. The Bertz CT molecular complexity index is 573. The number of rotatable bonds is 3. The van der Waals surface area contributed by atoms with Gasteiger partial charge in [0.2, 0.25) is 0 Å². The van der Waals surface area contributed by atoms with Crippen LogP contribution in [0, 0.1) is 11.8 Å². The van der Waals surface area contributed by atoms with Crippen LogP contribution in [0.5, 0.6) is 0 Å². The first-order valence-electron chi connectivity index (χ1n) is 8.25. The van der Waals surface area contributed by atoms with Crippen molar-refractivity contribution in [2.24, 2.45) is 11.8 Å². The van der Waals surface area contributed by atoms with E-state index in [1.807, 2.05) is 6.07 Å². The summed E-state index contributed by atoms with van der Waals surface area (Å²) in [5.41, 5.74) is 0.266. The number of hydrogen-bond donors (Lipinski definition) is 2. The fraction of sp³-hybridized carbons (Fsp3) is 0.647. The molecule has 2 fully saturated rings. The monoisotopic (exact) mass is 320 g/mol. The summed E-state index contributed by atoms with van der Waals surface area (Å²) in [6.07, 6.45) is 4.06. The molecule has 126 valence electrons. The number of aliphatic hydroxyl groups is 1. The minimum Gasteiger partial charge on any atom is -0.477 e. The quantitative estimate of drug-likeness (QED) is 0.883. The Morgan fingerprint density at radius 2 is 2.17 bits per heavy atom. The van der Waals surface area contributed by atoms with E-state index in [-0.39, 0.29) is 11.6 Å². The molecule has 0 aliphatic carbocycles. The molecule has 2 N–H and O–H groups in total. The van der Waals surface area contributed by atoms with Gasteiger partial charge in [-0.25, -0.2) is 9.78 Å². The lowest BCUT2D eigenvalue weighted by atomic mass is 9.70. The van der Waals surface area contributed by atoms with Crippen LogP contribution in [0.1, 0.15) is 36.7 Å². The molecule has 2 atom stereocenters. The number of anilines is 1. The van der Waals surface area contributed by atoms with Crippen molar-refractivity contribution < 1.29 is 19.7 Å². The van der Waals surface area contributed by atoms with Crippen LogP contribution < -0.4 is 4.90 Å². The average molecular weight is 320 g/mol. The van der Waals surface area contributed by atoms with Crippen LogP contribution in [0.2, 0.25) is 0 Å². The Hall–Kier alpha value is -1.66. The summed E-state index contributed by atoms with van der Waals surface area (Å²) in [4.78, 5) is 17.1. The van der Waals surface area contributed by atoms with E-state index in [1.165, 1.54) is 6.20 Å². The molecule has 2 unspecified atom stereocenters. The molecule has 0 amide bonds. The number of aromatic carboxylic acids is 1. The molecule has 3 heterocycles. The summed E-state index contributed by atoms with van der Waals surface area (Å²) < 4.78 is 5.41. The lowest BCUT2D eigenvalue weighted by Crippen LogP contribution is -2.56. The maximum absolute atomic E-state index is 11.2. The van der Waals surface area contributed by atoms with Gasteiger partial charge in [-0.05, 0) is 37.3 Å². The van der Waals surface area contributed by atoms with Gasteiger partial charge < -0.3 is 19.8 Å². The van der Waals surface area contributed by atoms with Crippen molar-refractivity contribution in [3.05, 3.63) is 24.0 Å². The van der Waals surface area contributed by atoms with E-state index in [2.05, 4.69) is 16.8 Å². The van der Waals surface area contributed by atoms with Gasteiger partial charge >= 0.3 is 5.97 Å². The van der Waals surface area contributed by atoms with Crippen LogP contribution in [-0.2, 0) is 4.74 Å². The second-order valence-electron chi connectivity index (χ2n) is 6.68. The summed E-state index contributed by atoms with van der Waals surface area (Å²) in [5, 5.41) is 20.3. The third-order valence-corrected chi connectivity index (χ3v) is 5.39. The first-order chi connectivity index (χ1) is 11.0. The van der Waals surface area contributed by atoms with Crippen LogP contribution in [0.25, 0.3) is 0 Å². The number of carboxylic acids is 1. The lowest BCUT2D eigenvalue weighted by molar-refractivity contribution is -0.108. The van der Waals surface area contributed by atoms with Gasteiger partial charge in [0.25, 0.3) is 0 Å². The van der Waals surface area contributed by atoms with Gasteiger partial charge in [0.1, 0.15) is 5.69 Å². The fourth-order valence-corrected chi connectivity index (χ4v) is 3.91. The Balaban J connectivity index is 1.73. The molecule has 23 heavy (non-hydrogen) atoms. The van der Waals surface area contributed by atoms with E-state index in [9.17, 15) is 9.90 Å². The molecular weight excluding hydrogens is 296 g/mol. The molecule has 2 aliphatic heterocycles. The van der Waals surface area contributed by atoms with Crippen molar-refractivity contribution in [3.63, 3.8) is 0 Å². The highest BCUT2D eigenvalue weighted by molar-refractivity contribution is 5.86. The third-order valence-electron chi connectivity index (χ3n) is 5.39. The van der Waals surface area contributed by atoms with Gasteiger partial charge in [-0.1, -0.05) is 6.92 Å².